The summed E-state index contributed by atoms with van der Waals surface area (Å²) in [5.41, 5.74) is 2.92. The van der Waals surface area contributed by atoms with Gasteiger partial charge in [-0.1, -0.05) is 91.0 Å². The molecule has 4 rings (SSSR count). The Morgan fingerprint density at radius 1 is 0.784 bits per heavy atom. The predicted molar refractivity (Wildman–Crippen MR) is 136 cm³/mol. The average molecular weight is 502 g/mol. The summed E-state index contributed by atoms with van der Waals surface area (Å²) in [6.07, 6.45) is -3.21. The van der Waals surface area contributed by atoms with E-state index in [9.17, 15) is 15.2 Å². The van der Waals surface area contributed by atoms with E-state index in [1.54, 1.807) is 0 Å². The van der Waals surface area contributed by atoms with Crippen molar-refractivity contribution in [2.24, 2.45) is 5.92 Å². The fraction of sp³-hybridized carbons (Fsp3) is 0.333. The van der Waals surface area contributed by atoms with E-state index in [1.165, 1.54) is 0 Å². The highest BCUT2D eigenvalue weighted by molar-refractivity contribution is 5.67. The van der Waals surface area contributed by atoms with E-state index in [2.05, 4.69) is 6.07 Å². The van der Waals surface area contributed by atoms with E-state index >= 15 is 0 Å². The maximum atomic E-state index is 11.8. The highest BCUT2D eigenvalue weighted by Gasteiger charge is 2.48. The van der Waals surface area contributed by atoms with Crippen LogP contribution in [-0.2, 0) is 43.6 Å². The predicted octanol–water partition coefficient (Wildman–Crippen LogP) is 4.76. The zero-order valence-corrected chi connectivity index (χ0v) is 20.5. The van der Waals surface area contributed by atoms with Crippen LogP contribution in [0.2, 0.25) is 0 Å². The van der Waals surface area contributed by atoms with E-state index in [-0.39, 0.29) is 26.2 Å². The van der Waals surface area contributed by atoms with Gasteiger partial charge in [0.05, 0.1) is 45.0 Å². The van der Waals surface area contributed by atoms with Gasteiger partial charge in [0.2, 0.25) is 0 Å². The van der Waals surface area contributed by atoms with Crippen LogP contribution in [0.15, 0.2) is 91.0 Å². The Kier molecular flexibility index (Phi) is 9.81. The molecule has 37 heavy (non-hydrogen) atoms. The average Bonchev–Trinajstić information content (AvgIpc) is 2.93. The number of carboxylic acid groups (broad SMARTS) is 1. The lowest BCUT2D eigenvalue weighted by atomic mass is 9.84. The van der Waals surface area contributed by atoms with Crippen molar-refractivity contribution in [1.82, 2.24) is 0 Å². The van der Waals surface area contributed by atoms with Gasteiger partial charge in [-0.05, 0) is 16.7 Å². The molecule has 1 heterocycles. The zero-order valence-electron chi connectivity index (χ0n) is 20.5. The molecule has 0 saturated carbocycles. The molecule has 0 amide bonds. The molecule has 7 heteroatoms. The summed E-state index contributed by atoms with van der Waals surface area (Å²) in [6, 6.07) is 31.2. The number of carboxylic acids is 1. The summed E-state index contributed by atoms with van der Waals surface area (Å²) in [7, 11) is 0. The molecule has 1 N–H and O–H groups in total. The number of ether oxygens (including phenoxy) is 4. The van der Waals surface area contributed by atoms with Crippen molar-refractivity contribution in [3.63, 3.8) is 0 Å². The first-order chi connectivity index (χ1) is 18.1. The molecule has 0 radical (unpaired) electrons. The smallest absolute Gasteiger partial charge is 0.303 e. The number of nitriles is 1. The largest absolute Gasteiger partial charge is 0.481 e. The summed E-state index contributed by atoms with van der Waals surface area (Å²) in [5.74, 6) is -1.74. The lowest BCUT2D eigenvalue weighted by Crippen LogP contribution is -2.57. The Morgan fingerprint density at radius 3 is 1.76 bits per heavy atom. The van der Waals surface area contributed by atoms with Crippen LogP contribution in [0.1, 0.15) is 23.1 Å². The number of hydrogen-bond acceptors (Lipinski definition) is 6. The fourth-order valence-electron chi connectivity index (χ4n) is 4.50. The van der Waals surface area contributed by atoms with E-state index in [0.717, 1.165) is 16.7 Å². The quantitative estimate of drug-likeness (QED) is 0.382. The van der Waals surface area contributed by atoms with Gasteiger partial charge in [0, 0.05) is 5.92 Å². The number of aliphatic carboxylic acids is 1. The maximum Gasteiger partial charge on any atom is 0.303 e. The van der Waals surface area contributed by atoms with E-state index in [4.69, 9.17) is 18.9 Å². The molecule has 192 valence electrons. The van der Waals surface area contributed by atoms with Gasteiger partial charge >= 0.3 is 5.97 Å². The van der Waals surface area contributed by atoms with E-state index < -0.39 is 36.3 Å². The molecule has 7 nitrogen and oxygen atoms in total. The molecule has 1 saturated heterocycles. The van der Waals surface area contributed by atoms with Crippen molar-refractivity contribution >= 4 is 5.97 Å². The van der Waals surface area contributed by atoms with Gasteiger partial charge in [0.25, 0.3) is 0 Å². The SMILES string of the molecule is N#C[C@@H]1O[C@H](COCc2ccccc2)[C@@H](OCc2ccccc2)[C@H](OCc2ccccc2)[C@H]1CC(=O)O. The molecule has 1 aliphatic heterocycles. The third-order valence-corrected chi connectivity index (χ3v) is 6.32. The molecule has 3 aromatic carbocycles. The Balaban J connectivity index is 1.57. The van der Waals surface area contributed by atoms with Gasteiger partial charge in [-0.3, -0.25) is 4.79 Å². The standard InChI is InChI=1S/C30H31NO6/c31-17-26-25(16-28(32)33)29(35-19-23-12-6-2-7-13-23)30(36-20-24-14-8-3-9-15-24)27(37-26)21-34-18-22-10-4-1-5-11-22/h1-15,25-27,29-30H,16,18-21H2,(H,32,33)/t25-,26-,27+,29+,30+/m0/s1. The van der Waals surface area contributed by atoms with Gasteiger partial charge in [-0.15, -0.1) is 0 Å². The van der Waals surface area contributed by atoms with Gasteiger partial charge in [-0.25, -0.2) is 0 Å². The summed E-state index contributed by atoms with van der Waals surface area (Å²) in [6.45, 7) is 1.07. The Labute approximate surface area is 217 Å². The van der Waals surface area contributed by atoms with Gasteiger partial charge in [0.1, 0.15) is 12.2 Å². The Bertz CT molecular complexity index is 1130. The highest BCUT2D eigenvalue weighted by atomic mass is 16.6. The lowest BCUT2D eigenvalue weighted by Gasteiger charge is -2.44. The molecule has 1 aliphatic rings. The molecule has 5 atom stereocenters. The number of nitrogens with zero attached hydrogens (tertiary/aromatic N) is 1. The minimum absolute atomic E-state index is 0.164. The Morgan fingerprint density at radius 2 is 1.27 bits per heavy atom. The van der Waals surface area contributed by atoms with Crippen molar-refractivity contribution in [2.75, 3.05) is 6.61 Å². The highest BCUT2D eigenvalue weighted by Crippen LogP contribution is 2.34. The second kappa shape index (κ2) is 13.7. The second-order valence-electron chi connectivity index (χ2n) is 9.01. The summed E-state index contributed by atoms with van der Waals surface area (Å²) < 4.78 is 24.8. The molecule has 0 unspecified atom stereocenters. The molecule has 3 aromatic rings. The van der Waals surface area contributed by atoms with Gasteiger partial charge < -0.3 is 24.1 Å². The molecule has 1 fully saturated rings. The number of benzene rings is 3. The molecule has 0 aliphatic carbocycles. The molecule has 0 bridgehead atoms. The maximum absolute atomic E-state index is 11.8. The third kappa shape index (κ3) is 7.72. The first kappa shape index (κ1) is 26.5. The van der Waals surface area contributed by atoms with Crippen LogP contribution in [0, 0.1) is 17.2 Å². The van der Waals surface area contributed by atoms with Gasteiger partial charge in [0.15, 0.2) is 6.10 Å². The number of hydrogen-bond donors (Lipinski definition) is 1. The van der Waals surface area contributed by atoms with Crippen molar-refractivity contribution in [3.8, 4) is 6.07 Å². The molecular formula is C30H31NO6. The minimum Gasteiger partial charge on any atom is -0.481 e. The van der Waals surface area contributed by atoms with Crippen LogP contribution >= 0.6 is 0 Å². The van der Waals surface area contributed by atoms with Crippen LogP contribution in [0.3, 0.4) is 0 Å². The summed E-state index contributed by atoms with van der Waals surface area (Å²) in [4.78, 5) is 11.8. The van der Waals surface area contributed by atoms with Crippen molar-refractivity contribution < 1.29 is 28.8 Å². The van der Waals surface area contributed by atoms with Crippen LogP contribution in [0.25, 0.3) is 0 Å². The number of carbonyl (C=O) groups is 1. The summed E-state index contributed by atoms with van der Waals surface area (Å²) >= 11 is 0. The summed E-state index contributed by atoms with van der Waals surface area (Å²) in [5, 5.41) is 19.5. The minimum atomic E-state index is -1.03. The first-order valence-corrected chi connectivity index (χ1v) is 12.3. The molecule has 0 aromatic heterocycles. The normalized spacial score (nSPS) is 23.3. The van der Waals surface area contributed by atoms with Crippen molar-refractivity contribution in [2.45, 2.75) is 50.7 Å². The van der Waals surface area contributed by atoms with E-state index in [0.29, 0.717) is 6.61 Å². The number of rotatable bonds is 12. The van der Waals surface area contributed by atoms with Crippen LogP contribution < -0.4 is 0 Å². The molecular weight excluding hydrogens is 470 g/mol. The first-order valence-electron chi connectivity index (χ1n) is 12.3. The molecule has 0 spiro atoms. The van der Waals surface area contributed by atoms with Crippen LogP contribution in [0.5, 0.6) is 0 Å². The van der Waals surface area contributed by atoms with Crippen molar-refractivity contribution in [1.29, 1.82) is 5.26 Å². The third-order valence-electron chi connectivity index (χ3n) is 6.32. The van der Waals surface area contributed by atoms with Gasteiger partial charge in [-0.2, -0.15) is 5.26 Å². The fourth-order valence-corrected chi connectivity index (χ4v) is 4.50. The Hall–Kier alpha value is -3.54. The monoisotopic (exact) mass is 501 g/mol. The van der Waals surface area contributed by atoms with Crippen LogP contribution in [0.4, 0.5) is 0 Å². The lowest BCUT2D eigenvalue weighted by molar-refractivity contribution is -0.236. The van der Waals surface area contributed by atoms with Crippen molar-refractivity contribution in [3.05, 3.63) is 108 Å². The van der Waals surface area contributed by atoms with E-state index in [1.807, 2.05) is 91.0 Å². The topological polar surface area (TPSA) is 98.0 Å². The second-order valence-corrected chi connectivity index (χ2v) is 9.01. The zero-order chi connectivity index (χ0) is 25.9. The van der Waals surface area contributed by atoms with Crippen LogP contribution in [-0.4, -0.2) is 42.1 Å².